The van der Waals surface area contributed by atoms with Crippen molar-refractivity contribution in [2.24, 2.45) is 0 Å². The Hall–Kier alpha value is 0.0500. The smallest absolute Gasteiger partial charge is 0.0652 e. The molecule has 1 nitrogen and oxygen atoms in total. The molecule has 0 aromatic heterocycles. The van der Waals surface area contributed by atoms with Crippen molar-refractivity contribution < 1.29 is 0 Å². The lowest BCUT2D eigenvalue weighted by Crippen LogP contribution is -2.14. The monoisotopic (exact) mass is 251 g/mol. The molecular weight excluding hydrogens is 240 g/mol. The van der Waals surface area contributed by atoms with E-state index in [0.29, 0.717) is 21.6 Å². The number of benzene rings is 1. The van der Waals surface area contributed by atoms with Gasteiger partial charge < -0.3 is 5.32 Å². The summed E-state index contributed by atoms with van der Waals surface area (Å²) >= 11 is 17.9. The largest absolute Gasteiger partial charge is 0.313 e. The van der Waals surface area contributed by atoms with Gasteiger partial charge in [-0.2, -0.15) is 0 Å². The fraction of sp³-hybridized carbons (Fsp3) is 0.400. The molecule has 0 saturated carbocycles. The van der Waals surface area contributed by atoms with E-state index in [1.165, 1.54) is 0 Å². The summed E-state index contributed by atoms with van der Waals surface area (Å²) in [4.78, 5) is 0. The first-order valence-electron chi connectivity index (χ1n) is 4.50. The maximum absolute atomic E-state index is 6.02. The zero-order chi connectivity index (χ0) is 10.6. The van der Waals surface area contributed by atoms with Crippen LogP contribution in [0.3, 0.4) is 0 Å². The molecule has 1 rings (SSSR count). The number of hydrogen-bond donors (Lipinski definition) is 1. The van der Waals surface area contributed by atoms with Crippen LogP contribution in [0.25, 0.3) is 0 Å². The van der Waals surface area contributed by atoms with Gasteiger partial charge in [0.2, 0.25) is 0 Å². The Labute approximate surface area is 99.4 Å². The maximum atomic E-state index is 6.02. The summed E-state index contributed by atoms with van der Waals surface area (Å²) in [5, 5.41) is 4.98. The second kappa shape index (κ2) is 5.82. The molecule has 1 N–H and O–H groups in total. The van der Waals surface area contributed by atoms with Crippen LogP contribution in [0.4, 0.5) is 0 Å². The molecule has 0 fully saturated rings. The van der Waals surface area contributed by atoms with Gasteiger partial charge in [0.25, 0.3) is 0 Å². The molecule has 0 atom stereocenters. The highest BCUT2D eigenvalue weighted by Gasteiger charge is 2.08. The predicted octanol–water partition coefficient (Wildman–Crippen LogP) is 4.15. The van der Waals surface area contributed by atoms with Crippen molar-refractivity contribution in [3.05, 3.63) is 32.8 Å². The Kier molecular flexibility index (Phi) is 5.04. The zero-order valence-corrected chi connectivity index (χ0v) is 10.2. The molecule has 0 aliphatic rings. The zero-order valence-electron chi connectivity index (χ0n) is 7.91. The van der Waals surface area contributed by atoms with Crippen molar-refractivity contribution in [3.63, 3.8) is 0 Å². The molecule has 0 spiro atoms. The van der Waals surface area contributed by atoms with Crippen molar-refractivity contribution in [1.82, 2.24) is 5.32 Å². The van der Waals surface area contributed by atoms with Crippen LogP contribution in [-0.2, 0) is 6.54 Å². The normalized spacial score (nSPS) is 10.6. The van der Waals surface area contributed by atoms with Crippen LogP contribution in [-0.4, -0.2) is 6.54 Å². The van der Waals surface area contributed by atoms with Gasteiger partial charge in [0, 0.05) is 17.1 Å². The van der Waals surface area contributed by atoms with Crippen molar-refractivity contribution in [3.8, 4) is 0 Å². The summed E-state index contributed by atoms with van der Waals surface area (Å²) in [5.74, 6) is 0. The van der Waals surface area contributed by atoms with E-state index < -0.39 is 0 Å². The van der Waals surface area contributed by atoms with Gasteiger partial charge in [0.15, 0.2) is 0 Å². The lowest BCUT2D eigenvalue weighted by molar-refractivity contribution is 0.676. The van der Waals surface area contributed by atoms with Crippen LogP contribution < -0.4 is 5.32 Å². The minimum Gasteiger partial charge on any atom is -0.313 e. The molecule has 0 saturated heterocycles. The van der Waals surface area contributed by atoms with Crippen molar-refractivity contribution in [1.29, 1.82) is 0 Å². The molecule has 0 unspecified atom stereocenters. The fourth-order valence-electron chi connectivity index (χ4n) is 1.12. The average Bonchev–Trinajstić information content (AvgIpc) is 2.18. The summed E-state index contributed by atoms with van der Waals surface area (Å²) in [6.45, 7) is 3.71. The highest BCUT2D eigenvalue weighted by atomic mass is 35.5. The molecule has 1 aromatic carbocycles. The minimum atomic E-state index is 0.544. The van der Waals surface area contributed by atoms with E-state index in [1.807, 2.05) is 0 Å². The van der Waals surface area contributed by atoms with E-state index in [1.54, 1.807) is 12.1 Å². The highest BCUT2D eigenvalue weighted by molar-refractivity contribution is 6.44. The Morgan fingerprint density at radius 2 is 1.79 bits per heavy atom. The van der Waals surface area contributed by atoms with Crippen LogP contribution >= 0.6 is 34.8 Å². The van der Waals surface area contributed by atoms with Crippen molar-refractivity contribution in [2.45, 2.75) is 19.9 Å². The molecule has 4 heteroatoms. The van der Waals surface area contributed by atoms with Gasteiger partial charge in [-0.25, -0.2) is 0 Å². The first kappa shape index (κ1) is 12.1. The van der Waals surface area contributed by atoms with Gasteiger partial charge in [-0.05, 0) is 25.1 Å². The molecular formula is C10H12Cl3N. The van der Waals surface area contributed by atoms with Crippen LogP contribution in [0, 0.1) is 0 Å². The topological polar surface area (TPSA) is 12.0 Å². The van der Waals surface area contributed by atoms with Gasteiger partial charge >= 0.3 is 0 Å². The SMILES string of the molecule is CCCNCc1c(Cl)ccc(Cl)c1Cl. The van der Waals surface area contributed by atoms with E-state index in [4.69, 9.17) is 34.8 Å². The van der Waals surface area contributed by atoms with Gasteiger partial charge in [-0.3, -0.25) is 0 Å². The first-order valence-corrected chi connectivity index (χ1v) is 5.63. The van der Waals surface area contributed by atoms with E-state index in [2.05, 4.69) is 12.2 Å². The quantitative estimate of drug-likeness (QED) is 0.627. The van der Waals surface area contributed by atoms with Gasteiger partial charge in [0.1, 0.15) is 0 Å². The van der Waals surface area contributed by atoms with Crippen LogP contribution in [0.15, 0.2) is 12.1 Å². The van der Waals surface area contributed by atoms with E-state index >= 15 is 0 Å². The summed E-state index contributed by atoms with van der Waals surface area (Å²) in [6, 6.07) is 3.47. The summed E-state index contributed by atoms with van der Waals surface area (Å²) in [6.07, 6.45) is 1.08. The summed E-state index contributed by atoms with van der Waals surface area (Å²) in [5.41, 5.74) is 0.870. The van der Waals surface area contributed by atoms with E-state index in [9.17, 15) is 0 Å². The lowest BCUT2D eigenvalue weighted by Gasteiger charge is -2.08. The molecule has 0 aliphatic carbocycles. The van der Waals surface area contributed by atoms with Gasteiger partial charge in [0.05, 0.1) is 10.0 Å². The Balaban J connectivity index is 2.79. The molecule has 0 heterocycles. The van der Waals surface area contributed by atoms with Crippen LogP contribution in [0.1, 0.15) is 18.9 Å². The average molecular weight is 253 g/mol. The third kappa shape index (κ3) is 3.03. The third-order valence-corrected chi connectivity index (χ3v) is 3.06. The maximum Gasteiger partial charge on any atom is 0.0652 e. The van der Waals surface area contributed by atoms with Crippen molar-refractivity contribution in [2.75, 3.05) is 6.54 Å². The standard InChI is InChI=1S/C10H12Cl3N/c1-2-5-14-6-7-8(11)3-4-9(12)10(7)13/h3-4,14H,2,5-6H2,1H3. The number of halogens is 3. The number of hydrogen-bond acceptors (Lipinski definition) is 1. The highest BCUT2D eigenvalue weighted by Crippen LogP contribution is 2.31. The number of nitrogens with one attached hydrogen (secondary N) is 1. The van der Waals surface area contributed by atoms with Gasteiger partial charge in [-0.15, -0.1) is 0 Å². The van der Waals surface area contributed by atoms with Crippen LogP contribution in [0.2, 0.25) is 15.1 Å². The molecule has 14 heavy (non-hydrogen) atoms. The van der Waals surface area contributed by atoms with E-state index in [0.717, 1.165) is 18.5 Å². The number of rotatable bonds is 4. The molecule has 78 valence electrons. The Morgan fingerprint density at radius 3 is 2.43 bits per heavy atom. The lowest BCUT2D eigenvalue weighted by atomic mass is 10.2. The summed E-state index contributed by atoms with van der Waals surface area (Å²) in [7, 11) is 0. The molecule has 1 aromatic rings. The van der Waals surface area contributed by atoms with Crippen molar-refractivity contribution >= 4 is 34.8 Å². The minimum absolute atomic E-state index is 0.544. The Bertz CT molecular complexity index is 312. The second-order valence-corrected chi connectivity index (χ2v) is 4.19. The summed E-state index contributed by atoms with van der Waals surface area (Å²) < 4.78 is 0. The molecule has 0 radical (unpaired) electrons. The molecule has 0 amide bonds. The van der Waals surface area contributed by atoms with Gasteiger partial charge in [-0.1, -0.05) is 41.7 Å². The predicted molar refractivity (Wildman–Crippen MR) is 63.5 cm³/mol. The van der Waals surface area contributed by atoms with E-state index in [-0.39, 0.29) is 0 Å². The van der Waals surface area contributed by atoms with Crippen LogP contribution in [0.5, 0.6) is 0 Å². The Morgan fingerprint density at radius 1 is 1.14 bits per heavy atom. The second-order valence-electron chi connectivity index (χ2n) is 3.00. The third-order valence-electron chi connectivity index (χ3n) is 1.87. The fourth-order valence-corrected chi connectivity index (χ4v) is 1.80. The molecule has 0 aliphatic heterocycles. The first-order chi connectivity index (χ1) is 6.66. The molecule has 0 bridgehead atoms.